The molecule has 0 unspecified atom stereocenters. The molecule has 0 aromatic carbocycles. The smallest absolute Gasteiger partial charge is 0.353 e. The number of hydrogen-bond donors (Lipinski definition) is 0. The van der Waals surface area contributed by atoms with Gasteiger partial charge in [0.1, 0.15) is 0 Å². The van der Waals surface area contributed by atoms with Gasteiger partial charge >= 0.3 is 23.6 Å². The maximum Gasteiger partial charge on any atom is 0.353 e. The normalized spacial score (nSPS) is 25.4. The van der Waals surface area contributed by atoms with E-state index in [9.17, 15) is 19.2 Å². The van der Waals surface area contributed by atoms with Crippen molar-refractivity contribution >= 4 is 17.9 Å². The summed E-state index contributed by atoms with van der Waals surface area (Å²) in [5.41, 5.74) is -0.860. The zero-order chi connectivity index (χ0) is 27.5. The highest BCUT2D eigenvalue weighted by molar-refractivity contribution is 5.73. The lowest BCUT2D eigenvalue weighted by atomic mass is 10.1. The molecule has 4 atom stereocenters. The summed E-state index contributed by atoms with van der Waals surface area (Å²) in [5.74, 6) is -6.52. The maximum atomic E-state index is 16.4. The van der Waals surface area contributed by atoms with Gasteiger partial charge in [-0.2, -0.15) is 4.98 Å². The van der Waals surface area contributed by atoms with Crippen LogP contribution in [0, 0.1) is 23.7 Å². The number of ether oxygens (including phenoxy) is 5. The lowest BCUT2D eigenvalue weighted by Crippen LogP contribution is -2.48. The first-order valence-electron chi connectivity index (χ1n) is 12.5. The molecule has 1 aromatic heterocycles. The molecule has 206 valence electrons. The van der Waals surface area contributed by atoms with Crippen LogP contribution >= 0.6 is 0 Å². The van der Waals surface area contributed by atoms with Crippen molar-refractivity contribution in [2.75, 3.05) is 13.2 Å². The molecule has 1 aliphatic heterocycles. The molecule has 0 radical (unpaired) electrons. The van der Waals surface area contributed by atoms with E-state index < -0.39 is 72.2 Å². The molecule has 0 amide bonds. The zero-order valence-corrected chi connectivity index (χ0v) is 22.0. The highest BCUT2D eigenvalue weighted by atomic mass is 19.2. The lowest BCUT2D eigenvalue weighted by molar-refractivity contribution is -0.226. The van der Waals surface area contributed by atoms with Gasteiger partial charge in [-0.25, -0.2) is 9.18 Å². The molecule has 2 fully saturated rings. The highest BCUT2D eigenvalue weighted by Crippen LogP contribution is 2.42. The average molecular weight is 527 g/mol. The quantitative estimate of drug-likeness (QED) is 0.313. The molecule has 37 heavy (non-hydrogen) atoms. The van der Waals surface area contributed by atoms with Crippen LogP contribution in [0.4, 0.5) is 4.39 Å². The van der Waals surface area contributed by atoms with E-state index in [1.807, 2.05) is 0 Å². The summed E-state index contributed by atoms with van der Waals surface area (Å²) < 4.78 is 44.3. The Morgan fingerprint density at radius 2 is 1.65 bits per heavy atom. The summed E-state index contributed by atoms with van der Waals surface area (Å²) in [7, 11) is 0. The molecule has 1 saturated carbocycles. The minimum atomic E-state index is -2.93. The Hall–Kier alpha value is -3.02. The largest absolute Gasteiger partial charge is 0.477 e. The predicted molar refractivity (Wildman–Crippen MR) is 126 cm³/mol. The van der Waals surface area contributed by atoms with Crippen LogP contribution in [0.2, 0.25) is 0 Å². The van der Waals surface area contributed by atoms with Crippen molar-refractivity contribution in [3.63, 3.8) is 0 Å². The Balaban J connectivity index is 1.98. The summed E-state index contributed by atoms with van der Waals surface area (Å²) in [6.45, 7) is 8.80. The predicted octanol–water partition coefficient (Wildman–Crippen LogP) is 2.56. The number of hydrogen-bond acceptors (Lipinski definition) is 10. The second-order valence-electron chi connectivity index (χ2n) is 10.3. The third-order valence-corrected chi connectivity index (χ3v) is 5.88. The molecule has 0 N–H and O–H groups in total. The number of alkyl halides is 1. The number of nitrogens with zero attached hydrogens (tertiary/aromatic N) is 2. The van der Waals surface area contributed by atoms with Gasteiger partial charge in [0.15, 0.2) is 18.9 Å². The van der Waals surface area contributed by atoms with E-state index in [4.69, 9.17) is 23.7 Å². The molecule has 1 aliphatic carbocycles. The second kappa shape index (κ2) is 11.6. The molecular weight excluding hydrogens is 491 g/mol. The minimum Gasteiger partial charge on any atom is -0.477 e. The molecule has 3 rings (SSSR count). The summed E-state index contributed by atoms with van der Waals surface area (Å²) in [4.78, 5) is 53.9. The van der Waals surface area contributed by atoms with Gasteiger partial charge in [-0.1, -0.05) is 41.5 Å². The van der Waals surface area contributed by atoms with Gasteiger partial charge in [-0.3, -0.25) is 19.0 Å². The first kappa shape index (κ1) is 28.5. The van der Waals surface area contributed by atoms with Crippen LogP contribution in [0.5, 0.6) is 5.88 Å². The molecule has 11 nitrogen and oxygen atoms in total. The first-order valence-corrected chi connectivity index (χ1v) is 12.5. The maximum absolute atomic E-state index is 16.4. The third-order valence-electron chi connectivity index (χ3n) is 5.88. The van der Waals surface area contributed by atoms with Crippen molar-refractivity contribution in [3.8, 4) is 5.88 Å². The van der Waals surface area contributed by atoms with E-state index in [2.05, 4.69) is 4.98 Å². The van der Waals surface area contributed by atoms with Crippen LogP contribution < -0.4 is 10.4 Å². The molecule has 1 aromatic rings. The van der Waals surface area contributed by atoms with E-state index >= 15 is 4.39 Å². The fourth-order valence-corrected chi connectivity index (χ4v) is 3.36. The summed E-state index contributed by atoms with van der Waals surface area (Å²) in [6.07, 6.45) is -1.64. The fourth-order valence-electron chi connectivity index (χ4n) is 3.36. The van der Waals surface area contributed by atoms with E-state index in [0.29, 0.717) is 12.5 Å². The lowest BCUT2D eigenvalue weighted by Gasteiger charge is -2.28. The van der Waals surface area contributed by atoms with E-state index in [1.54, 1.807) is 27.7 Å². The van der Waals surface area contributed by atoms with Crippen molar-refractivity contribution in [1.29, 1.82) is 0 Å². The van der Waals surface area contributed by atoms with Crippen LogP contribution in [-0.2, 0) is 33.3 Å². The SMILES string of the molecule is CC(C)C(=O)OC[C@@]1(F)O[C@@H](n2ccc(OCC3CC3)nc2=O)[C@H](OC(=O)C(C)C)[C@@H]1OC(=O)C(C)C. The minimum absolute atomic E-state index is 0.0852. The third kappa shape index (κ3) is 7.06. The van der Waals surface area contributed by atoms with Crippen molar-refractivity contribution in [1.82, 2.24) is 9.55 Å². The Labute approximate surface area is 214 Å². The topological polar surface area (TPSA) is 132 Å². The molecule has 2 aliphatic rings. The molecule has 1 saturated heterocycles. The molecule has 0 bridgehead atoms. The van der Waals surface area contributed by atoms with Gasteiger partial charge in [0.05, 0.1) is 24.4 Å². The Morgan fingerprint density at radius 3 is 2.19 bits per heavy atom. The fraction of sp³-hybridized carbons (Fsp3) is 0.720. The number of halogens is 1. The molecule has 0 spiro atoms. The summed E-state index contributed by atoms with van der Waals surface area (Å²) in [6, 6.07) is 1.40. The number of carbonyl (C=O) groups excluding carboxylic acids is 3. The average Bonchev–Trinajstić information content (AvgIpc) is 3.62. The molecular formula is C25H35FN2O9. The second-order valence-corrected chi connectivity index (χ2v) is 10.3. The van der Waals surface area contributed by atoms with Gasteiger partial charge in [0.25, 0.3) is 5.85 Å². The van der Waals surface area contributed by atoms with Crippen LogP contribution in [0.15, 0.2) is 17.1 Å². The molecule has 12 heteroatoms. The van der Waals surface area contributed by atoms with Crippen LogP contribution in [0.1, 0.15) is 60.6 Å². The van der Waals surface area contributed by atoms with Crippen molar-refractivity contribution in [2.24, 2.45) is 23.7 Å². The Morgan fingerprint density at radius 1 is 1.05 bits per heavy atom. The number of esters is 3. The standard InChI is InChI=1S/C25H35FN2O9/c1-13(2)21(29)34-12-25(26)19(36-23(31)15(5)6)18(35-22(30)14(3)4)20(37-25)28-10-9-17(27-24(28)32)33-11-16-7-8-16/h9-10,13-16,18-20H,7-8,11-12H2,1-6H3/t18-,19+,20-,25-/m1/s1. The van der Waals surface area contributed by atoms with E-state index in [1.165, 1.54) is 26.1 Å². The summed E-state index contributed by atoms with van der Waals surface area (Å²) in [5, 5.41) is 0. The van der Waals surface area contributed by atoms with Gasteiger partial charge < -0.3 is 23.7 Å². The number of aromatic nitrogens is 2. The Kier molecular flexibility index (Phi) is 8.93. The van der Waals surface area contributed by atoms with Crippen molar-refractivity contribution in [3.05, 3.63) is 22.7 Å². The highest BCUT2D eigenvalue weighted by Gasteiger charge is 2.62. The van der Waals surface area contributed by atoms with Crippen molar-refractivity contribution < 1.29 is 42.5 Å². The van der Waals surface area contributed by atoms with Gasteiger partial charge in [0.2, 0.25) is 12.0 Å². The van der Waals surface area contributed by atoms with Crippen LogP contribution in [0.3, 0.4) is 0 Å². The first-order chi connectivity index (χ1) is 17.3. The van der Waals surface area contributed by atoms with E-state index in [0.717, 1.165) is 17.4 Å². The molecule has 2 heterocycles. The van der Waals surface area contributed by atoms with Crippen LogP contribution in [-0.4, -0.2) is 58.7 Å². The van der Waals surface area contributed by atoms with Gasteiger partial charge in [-0.15, -0.1) is 0 Å². The zero-order valence-electron chi connectivity index (χ0n) is 22.0. The number of rotatable bonds is 11. The van der Waals surface area contributed by atoms with E-state index in [-0.39, 0.29) is 5.88 Å². The number of carbonyl (C=O) groups is 3. The monoisotopic (exact) mass is 526 g/mol. The Bertz CT molecular complexity index is 1050. The van der Waals surface area contributed by atoms with Crippen molar-refractivity contribution in [2.45, 2.75) is 78.7 Å². The van der Waals surface area contributed by atoms with Crippen LogP contribution in [0.25, 0.3) is 0 Å². The van der Waals surface area contributed by atoms with Gasteiger partial charge in [0, 0.05) is 12.3 Å². The van der Waals surface area contributed by atoms with Gasteiger partial charge in [-0.05, 0) is 18.8 Å². The summed E-state index contributed by atoms with van der Waals surface area (Å²) >= 11 is 0.